The molecule has 1 N–H and O–H groups in total. The van der Waals surface area contributed by atoms with Crippen molar-refractivity contribution >= 4 is 48.9 Å². The van der Waals surface area contributed by atoms with E-state index in [4.69, 9.17) is 27.9 Å². The number of ether oxygens (including phenoxy) is 1. The molecular weight excluding hydrogens is 447 g/mol. The van der Waals surface area contributed by atoms with Crippen molar-refractivity contribution in [3.8, 4) is 11.5 Å². The molecule has 0 aliphatic rings. The van der Waals surface area contributed by atoms with Gasteiger partial charge in [-0.05, 0) is 36.4 Å². The van der Waals surface area contributed by atoms with Gasteiger partial charge in [0, 0.05) is 18.1 Å². The number of hydrogen-bond acceptors (Lipinski definition) is 5. The summed E-state index contributed by atoms with van der Waals surface area (Å²) in [4.78, 5) is -0.0584. The minimum atomic E-state index is -3.78. The standard InChI is InChI=1S/C17H20Cl2N2O5S2/c1-4-21(5-2)28(24,25)13-7-9-17(15(11-13)20-27(3,22)23)26-16-8-6-12(18)10-14(16)19/h6-11,20H,4-5H2,1-3H3. The van der Waals surface area contributed by atoms with E-state index in [1.54, 1.807) is 19.9 Å². The molecule has 0 aliphatic carbocycles. The summed E-state index contributed by atoms with van der Waals surface area (Å²) in [5.41, 5.74) is -0.0262. The molecule has 0 aromatic heterocycles. The van der Waals surface area contributed by atoms with Gasteiger partial charge in [-0.15, -0.1) is 0 Å². The van der Waals surface area contributed by atoms with E-state index in [1.165, 1.54) is 34.6 Å². The van der Waals surface area contributed by atoms with Gasteiger partial charge in [-0.25, -0.2) is 16.8 Å². The van der Waals surface area contributed by atoms with Crippen LogP contribution in [0.1, 0.15) is 13.8 Å². The molecule has 0 bridgehead atoms. The molecule has 0 saturated carbocycles. The quantitative estimate of drug-likeness (QED) is 0.629. The number of benzene rings is 2. The molecule has 0 atom stereocenters. The SMILES string of the molecule is CCN(CC)S(=O)(=O)c1ccc(Oc2ccc(Cl)cc2Cl)c(NS(C)(=O)=O)c1. The normalized spacial score (nSPS) is 12.2. The summed E-state index contributed by atoms with van der Waals surface area (Å²) in [5.74, 6) is 0.329. The first-order chi connectivity index (χ1) is 13.0. The first-order valence-electron chi connectivity index (χ1n) is 8.22. The minimum Gasteiger partial charge on any atom is -0.454 e. The highest BCUT2D eigenvalue weighted by Gasteiger charge is 2.24. The van der Waals surface area contributed by atoms with Gasteiger partial charge in [0.05, 0.1) is 21.9 Å². The Bertz CT molecular complexity index is 1070. The Hall–Kier alpha value is -1.52. The smallest absolute Gasteiger partial charge is 0.243 e. The van der Waals surface area contributed by atoms with Crippen LogP contribution in [0.5, 0.6) is 11.5 Å². The van der Waals surface area contributed by atoms with Crippen LogP contribution in [0.25, 0.3) is 0 Å². The van der Waals surface area contributed by atoms with Crippen LogP contribution in [0.4, 0.5) is 5.69 Å². The third-order valence-corrected chi connectivity index (χ3v) is 6.87. The molecule has 154 valence electrons. The van der Waals surface area contributed by atoms with Gasteiger partial charge >= 0.3 is 0 Å². The van der Waals surface area contributed by atoms with E-state index in [-0.39, 0.29) is 40.2 Å². The van der Waals surface area contributed by atoms with Gasteiger partial charge in [-0.1, -0.05) is 37.0 Å². The Morgan fingerprint density at radius 1 is 0.964 bits per heavy atom. The van der Waals surface area contributed by atoms with Crippen LogP contribution in [-0.4, -0.2) is 40.5 Å². The highest BCUT2D eigenvalue weighted by atomic mass is 35.5. The van der Waals surface area contributed by atoms with Crippen molar-refractivity contribution in [1.82, 2.24) is 4.31 Å². The summed E-state index contributed by atoms with van der Waals surface area (Å²) in [6.07, 6.45) is 0.956. The van der Waals surface area contributed by atoms with Crippen molar-refractivity contribution < 1.29 is 21.6 Å². The first kappa shape index (κ1) is 22.8. The molecule has 0 heterocycles. The summed E-state index contributed by atoms with van der Waals surface area (Å²) < 4.78 is 58.2. The summed E-state index contributed by atoms with van der Waals surface area (Å²) in [6.45, 7) is 4.01. The predicted octanol–water partition coefficient (Wildman–Crippen LogP) is 4.19. The number of nitrogens with zero attached hydrogens (tertiary/aromatic N) is 1. The lowest BCUT2D eigenvalue weighted by molar-refractivity contribution is 0.445. The number of nitrogens with one attached hydrogen (secondary N) is 1. The molecule has 0 amide bonds. The van der Waals surface area contributed by atoms with Crippen LogP contribution in [0.3, 0.4) is 0 Å². The summed E-state index contributed by atoms with van der Waals surface area (Å²) >= 11 is 12.0. The Morgan fingerprint density at radius 2 is 1.57 bits per heavy atom. The fourth-order valence-electron chi connectivity index (χ4n) is 2.43. The first-order valence-corrected chi connectivity index (χ1v) is 12.3. The molecule has 0 radical (unpaired) electrons. The van der Waals surface area contributed by atoms with Crippen molar-refractivity contribution in [2.45, 2.75) is 18.7 Å². The van der Waals surface area contributed by atoms with Crippen LogP contribution in [0, 0.1) is 0 Å². The van der Waals surface area contributed by atoms with Crippen LogP contribution >= 0.6 is 23.2 Å². The average molecular weight is 467 g/mol. The minimum absolute atomic E-state index is 0.0262. The van der Waals surface area contributed by atoms with Crippen LogP contribution in [0.2, 0.25) is 10.0 Å². The number of anilines is 1. The Kier molecular flexibility index (Phi) is 7.22. The fraction of sp³-hybridized carbons (Fsp3) is 0.294. The van der Waals surface area contributed by atoms with Crippen molar-refractivity contribution in [3.63, 3.8) is 0 Å². The summed E-state index contributed by atoms with van der Waals surface area (Å²) in [6, 6.07) is 8.49. The molecule has 2 aromatic carbocycles. The van der Waals surface area contributed by atoms with Gasteiger partial charge in [0.1, 0.15) is 5.75 Å². The highest BCUT2D eigenvalue weighted by Crippen LogP contribution is 2.37. The topological polar surface area (TPSA) is 92.8 Å². The average Bonchev–Trinajstić information content (AvgIpc) is 2.58. The summed E-state index contributed by atoms with van der Waals surface area (Å²) in [7, 11) is -7.48. The second-order valence-corrected chi connectivity index (χ2v) is 10.3. The molecule has 11 heteroatoms. The van der Waals surface area contributed by atoms with Gasteiger partial charge in [-0.2, -0.15) is 4.31 Å². The monoisotopic (exact) mass is 466 g/mol. The second-order valence-electron chi connectivity index (χ2n) is 5.80. The van der Waals surface area contributed by atoms with E-state index in [0.29, 0.717) is 5.02 Å². The zero-order valence-corrected chi connectivity index (χ0v) is 18.6. The lowest BCUT2D eigenvalue weighted by atomic mass is 10.3. The molecule has 0 fully saturated rings. The molecule has 0 unspecified atom stereocenters. The molecule has 2 rings (SSSR count). The summed E-state index contributed by atoms with van der Waals surface area (Å²) in [5, 5.41) is 0.630. The molecule has 2 aromatic rings. The highest BCUT2D eigenvalue weighted by molar-refractivity contribution is 7.92. The van der Waals surface area contributed by atoms with E-state index in [1.807, 2.05) is 0 Å². The van der Waals surface area contributed by atoms with Crippen LogP contribution < -0.4 is 9.46 Å². The van der Waals surface area contributed by atoms with E-state index < -0.39 is 20.0 Å². The van der Waals surface area contributed by atoms with E-state index in [2.05, 4.69) is 4.72 Å². The zero-order chi connectivity index (χ0) is 21.1. The predicted molar refractivity (Wildman–Crippen MR) is 112 cm³/mol. The third kappa shape index (κ3) is 5.51. The lowest BCUT2D eigenvalue weighted by Gasteiger charge is -2.20. The van der Waals surface area contributed by atoms with Gasteiger partial charge < -0.3 is 4.74 Å². The number of rotatable bonds is 8. The molecule has 28 heavy (non-hydrogen) atoms. The molecule has 7 nitrogen and oxygen atoms in total. The van der Waals surface area contributed by atoms with Gasteiger partial charge in [-0.3, -0.25) is 4.72 Å². The van der Waals surface area contributed by atoms with Crippen LogP contribution in [-0.2, 0) is 20.0 Å². The maximum atomic E-state index is 12.7. The Morgan fingerprint density at radius 3 is 2.11 bits per heavy atom. The van der Waals surface area contributed by atoms with Crippen molar-refractivity contribution in [2.24, 2.45) is 0 Å². The number of halogens is 2. The Labute approximate surface area is 175 Å². The number of hydrogen-bond donors (Lipinski definition) is 1. The second kappa shape index (κ2) is 8.87. The van der Waals surface area contributed by atoms with Crippen LogP contribution in [0.15, 0.2) is 41.3 Å². The van der Waals surface area contributed by atoms with Crippen molar-refractivity contribution in [3.05, 3.63) is 46.4 Å². The van der Waals surface area contributed by atoms with Crippen molar-refractivity contribution in [1.29, 1.82) is 0 Å². The van der Waals surface area contributed by atoms with E-state index in [9.17, 15) is 16.8 Å². The number of sulfonamides is 2. The molecule has 0 spiro atoms. The van der Waals surface area contributed by atoms with Crippen molar-refractivity contribution in [2.75, 3.05) is 24.1 Å². The molecular formula is C17H20Cl2N2O5S2. The van der Waals surface area contributed by atoms with E-state index in [0.717, 1.165) is 6.26 Å². The maximum absolute atomic E-state index is 12.7. The molecule has 0 aliphatic heterocycles. The van der Waals surface area contributed by atoms with E-state index >= 15 is 0 Å². The molecule has 0 saturated heterocycles. The van der Waals surface area contributed by atoms with Gasteiger partial charge in [0.25, 0.3) is 0 Å². The maximum Gasteiger partial charge on any atom is 0.243 e. The largest absolute Gasteiger partial charge is 0.454 e. The van der Waals surface area contributed by atoms with Gasteiger partial charge in [0.2, 0.25) is 20.0 Å². The lowest BCUT2D eigenvalue weighted by Crippen LogP contribution is -2.30. The zero-order valence-electron chi connectivity index (χ0n) is 15.4. The fourth-order valence-corrected chi connectivity index (χ4v) is 4.92. The van der Waals surface area contributed by atoms with Gasteiger partial charge in [0.15, 0.2) is 5.75 Å². The third-order valence-electron chi connectivity index (χ3n) is 3.70. The Balaban J connectivity index is 2.54.